The molecule has 2 amide bonds. The first-order valence-corrected chi connectivity index (χ1v) is 9.28. The molecule has 4 rings (SSSR count). The second-order valence-electron chi connectivity index (χ2n) is 7.01. The second-order valence-corrected chi connectivity index (χ2v) is 7.01. The van der Waals surface area contributed by atoms with Gasteiger partial charge in [-0.15, -0.1) is 0 Å². The van der Waals surface area contributed by atoms with E-state index in [-0.39, 0.29) is 11.8 Å². The Labute approximate surface area is 162 Å². The van der Waals surface area contributed by atoms with Crippen molar-refractivity contribution in [2.24, 2.45) is 7.05 Å². The van der Waals surface area contributed by atoms with E-state index in [1.165, 1.54) is 18.2 Å². The van der Waals surface area contributed by atoms with Crippen molar-refractivity contribution in [2.45, 2.75) is 6.42 Å². The number of fused-ring (bicyclic) bond motifs is 1. The van der Waals surface area contributed by atoms with Gasteiger partial charge in [0.15, 0.2) is 0 Å². The maximum atomic E-state index is 13.4. The maximum absolute atomic E-state index is 13.4. The highest BCUT2D eigenvalue weighted by molar-refractivity contribution is 5.97. The van der Waals surface area contributed by atoms with E-state index in [0.717, 1.165) is 11.0 Å². The maximum Gasteiger partial charge on any atom is 0.254 e. The first-order valence-electron chi connectivity index (χ1n) is 9.28. The van der Waals surface area contributed by atoms with Crippen LogP contribution in [0.4, 0.5) is 4.39 Å². The number of imidazole rings is 1. The zero-order valence-electron chi connectivity index (χ0n) is 15.6. The largest absolute Gasteiger partial charge is 0.337 e. The first kappa shape index (κ1) is 18.2. The summed E-state index contributed by atoms with van der Waals surface area (Å²) in [6, 6.07) is 11.2. The fraction of sp³-hybridized carbons (Fsp3) is 0.286. The summed E-state index contributed by atoms with van der Waals surface area (Å²) in [5, 5.41) is 0. The van der Waals surface area contributed by atoms with Gasteiger partial charge in [0.25, 0.3) is 11.8 Å². The molecule has 0 aliphatic carbocycles. The van der Waals surface area contributed by atoms with Crippen molar-refractivity contribution in [1.29, 1.82) is 0 Å². The van der Waals surface area contributed by atoms with Crippen molar-refractivity contribution in [3.63, 3.8) is 0 Å². The Morgan fingerprint density at radius 3 is 2.29 bits per heavy atom. The fourth-order valence-electron chi connectivity index (χ4n) is 3.58. The van der Waals surface area contributed by atoms with Crippen LogP contribution in [0.5, 0.6) is 0 Å². The normalized spacial score (nSPS) is 14.9. The van der Waals surface area contributed by atoms with E-state index in [0.29, 0.717) is 43.7 Å². The summed E-state index contributed by atoms with van der Waals surface area (Å²) in [5.74, 6) is -0.696. The molecular weight excluding hydrogens is 359 g/mol. The van der Waals surface area contributed by atoms with Gasteiger partial charge in [0.2, 0.25) is 0 Å². The van der Waals surface area contributed by atoms with Crippen molar-refractivity contribution in [3.8, 4) is 0 Å². The number of rotatable bonds is 2. The van der Waals surface area contributed by atoms with Gasteiger partial charge in [-0.2, -0.15) is 0 Å². The highest BCUT2D eigenvalue weighted by Crippen LogP contribution is 2.17. The minimum Gasteiger partial charge on any atom is -0.337 e. The molecule has 3 aromatic rings. The molecule has 0 spiro atoms. The zero-order chi connectivity index (χ0) is 19.7. The van der Waals surface area contributed by atoms with E-state index < -0.39 is 5.82 Å². The van der Waals surface area contributed by atoms with Crippen LogP contribution >= 0.6 is 0 Å². The van der Waals surface area contributed by atoms with Crippen LogP contribution in [0.2, 0.25) is 0 Å². The molecule has 1 saturated heterocycles. The summed E-state index contributed by atoms with van der Waals surface area (Å²) in [7, 11) is 1.91. The Bertz CT molecular complexity index is 1050. The first-order chi connectivity index (χ1) is 13.5. The average Bonchev–Trinajstić information content (AvgIpc) is 2.92. The minimum absolute atomic E-state index is 0.0624. The summed E-state index contributed by atoms with van der Waals surface area (Å²) in [6.45, 7) is 1.98. The van der Waals surface area contributed by atoms with Crippen molar-refractivity contribution in [3.05, 3.63) is 65.7 Å². The average molecular weight is 380 g/mol. The Kier molecular flexibility index (Phi) is 4.81. The molecule has 144 valence electrons. The van der Waals surface area contributed by atoms with Gasteiger partial charge in [-0.3, -0.25) is 9.59 Å². The van der Waals surface area contributed by atoms with Gasteiger partial charge in [0.05, 0.1) is 17.4 Å². The Morgan fingerprint density at radius 2 is 1.61 bits per heavy atom. The number of hydrogen-bond donors (Lipinski definition) is 0. The van der Waals surface area contributed by atoms with E-state index in [1.807, 2.05) is 23.7 Å². The quantitative estimate of drug-likeness (QED) is 0.687. The van der Waals surface area contributed by atoms with Gasteiger partial charge in [0.1, 0.15) is 5.82 Å². The predicted octanol–water partition coefficient (Wildman–Crippen LogP) is 2.70. The lowest BCUT2D eigenvalue weighted by atomic mass is 10.1. The minimum atomic E-state index is -0.428. The molecule has 1 aliphatic heterocycles. The van der Waals surface area contributed by atoms with E-state index >= 15 is 0 Å². The third kappa shape index (κ3) is 3.47. The Balaban J connectivity index is 1.47. The van der Waals surface area contributed by atoms with Crippen molar-refractivity contribution in [1.82, 2.24) is 19.4 Å². The molecule has 0 radical (unpaired) electrons. The Morgan fingerprint density at radius 1 is 0.929 bits per heavy atom. The lowest BCUT2D eigenvalue weighted by Crippen LogP contribution is -2.37. The van der Waals surface area contributed by atoms with E-state index in [1.54, 1.807) is 28.3 Å². The molecule has 6 nitrogen and oxygen atoms in total. The third-order valence-electron chi connectivity index (χ3n) is 5.11. The third-order valence-corrected chi connectivity index (χ3v) is 5.11. The summed E-state index contributed by atoms with van der Waals surface area (Å²) in [6.07, 6.45) is 2.40. The molecule has 28 heavy (non-hydrogen) atoms. The molecule has 0 N–H and O–H groups in total. The fourth-order valence-corrected chi connectivity index (χ4v) is 3.58. The molecule has 2 heterocycles. The zero-order valence-corrected chi connectivity index (χ0v) is 15.6. The van der Waals surface area contributed by atoms with Gasteiger partial charge in [-0.1, -0.05) is 6.07 Å². The highest BCUT2D eigenvalue weighted by atomic mass is 19.1. The van der Waals surface area contributed by atoms with Crippen LogP contribution in [0.15, 0.2) is 48.8 Å². The van der Waals surface area contributed by atoms with Gasteiger partial charge in [-0.25, -0.2) is 9.37 Å². The van der Waals surface area contributed by atoms with Crippen LogP contribution in [0.1, 0.15) is 27.1 Å². The van der Waals surface area contributed by atoms with Crippen LogP contribution in [0, 0.1) is 5.82 Å². The Hall–Kier alpha value is -3.22. The van der Waals surface area contributed by atoms with Crippen molar-refractivity contribution in [2.75, 3.05) is 26.2 Å². The number of carbonyl (C=O) groups excluding carboxylic acids is 2. The van der Waals surface area contributed by atoms with E-state index in [4.69, 9.17) is 0 Å². The van der Waals surface area contributed by atoms with Crippen molar-refractivity contribution < 1.29 is 14.0 Å². The molecule has 1 fully saturated rings. The topological polar surface area (TPSA) is 58.4 Å². The van der Waals surface area contributed by atoms with Gasteiger partial charge in [-0.05, 0) is 42.8 Å². The predicted molar refractivity (Wildman–Crippen MR) is 104 cm³/mol. The molecule has 1 aliphatic rings. The van der Waals surface area contributed by atoms with Gasteiger partial charge in [0, 0.05) is 44.4 Å². The molecule has 1 aromatic heterocycles. The van der Waals surface area contributed by atoms with E-state index in [9.17, 15) is 14.0 Å². The standard InChI is InChI=1S/C21H21FN4O2/c1-24-14-23-18-13-16(6-7-19(18)24)21(28)26-9-3-8-25(10-11-26)20(27)15-4-2-5-17(22)12-15/h2,4-7,12-14H,3,8-11H2,1H3. The smallest absolute Gasteiger partial charge is 0.254 e. The monoisotopic (exact) mass is 380 g/mol. The van der Waals surface area contributed by atoms with Crippen LogP contribution in [0.25, 0.3) is 11.0 Å². The van der Waals surface area contributed by atoms with Crippen LogP contribution in [-0.2, 0) is 7.05 Å². The molecule has 0 unspecified atom stereocenters. The summed E-state index contributed by atoms with van der Waals surface area (Å²) in [4.78, 5) is 33.3. The number of aryl methyl sites for hydroxylation is 1. The SMILES string of the molecule is Cn1cnc2cc(C(=O)N3CCCN(C(=O)c4cccc(F)c4)CC3)ccc21. The number of aromatic nitrogens is 2. The summed E-state index contributed by atoms with van der Waals surface area (Å²) in [5.41, 5.74) is 2.68. The lowest BCUT2D eigenvalue weighted by molar-refractivity contribution is 0.0718. The summed E-state index contributed by atoms with van der Waals surface area (Å²) >= 11 is 0. The van der Waals surface area contributed by atoms with Gasteiger partial charge < -0.3 is 14.4 Å². The second kappa shape index (κ2) is 7.42. The number of nitrogens with zero attached hydrogens (tertiary/aromatic N) is 4. The molecule has 2 aromatic carbocycles. The number of benzene rings is 2. The van der Waals surface area contributed by atoms with Crippen LogP contribution < -0.4 is 0 Å². The van der Waals surface area contributed by atoms with Crippen LogP contribution in [-0.4, -0.2) is 57.3 Å². The number of carbonyl (C=O) groups is 2. The highest BCUT2D eigenvalue weighted by Gasteiger charge is 2.24. The summed E-state index contributed by atoms with van der Waals surface area (Å²) < 4.78 is 15.3. The number of halogens is 1. The van der Waals surface area contributed by atoms with Crippen LogP contribution in [0.3, 0.4) is 0 Å². The van der Waals surface area contributed by atoms with Crippen molar-refractivity contribution >= 4 is 22.8 Å². The van der Waals surface area contributed by atoms with Gasteiger partial charge >= 0.3 is 0 Å². The number of hydrogen-bond acceptors (Lipinski definition) is 3. The molecule has 7 heteroatoms. The van der Waals surface area contributed by atoms with E-state index in [2.05, 4.69) is 4.98 Å². The molecule has 0 bridgehead atoms. The number of amides is 2. The molecule has 0 atom stereocenters. The molecular formula is C21H21FN4O2. The lowest BCUT2D eigenvalue weighted by Gasteiger charge is -2.22. The molecule has 0 saturated carbocycles.